The maximum Gasteiger partial charge on any atom is -0.0149 e. The predicted octanol–water partition coefficient (Wildman–Crippen LogP) is 4.97. The molecule has 0 saturated heterocycles. The first-order chi connectivity index (χ1) is 6.91. The third-order valence-corrected chi connectivity index (χ3v) is 3.25. The van der Waals surface area contributed by atoms with Gasteiger partial charge in [0.1, 0.15) is 0 Å². The van der Waals surface area contributed by atoms with Gasteiger partial charge in [-0.2, -0.15) is 0 Å². The normalized spacial score (nSPS) is 19.2. The van der Waals surface area contributed by atoms with Gasteiger partial charge in [-0.25, -0.2) is 0 Å². The summed E-state index contributed by atoms with van der Waals surface area (Å²) in [6.07, 6.45) is 10.7. The minimum Gasteiger partial charge on any atom is -0.0842 e. The highest BCUT2D eigenvalue weighted by Crippen LogP contribution is 2.39. The van der Waals surface area contributed by atoms with Crippen LogP contribution in [-0.2, 0) is 0 Å². The Morgan fingerprint density at radius 1 is 1.27 bits per heavy atom. The van der Waals surface area contributed by atoms with E-state index >= 15 is 0 Å². The van der Waals surface area contributed by atoms with Gasteiger partial charge in [0.2, 0.25) is 0 Å². The quantitative estimate of drug-likeness (QED) is 0.611. The zero-order chi connectivity index (χ0) is 11.5. The van der Waals surface area contributed by atoms with Gasteiger partial charge in [-0.3, -0.25) is 0 Å². The monoisotopic (exact) mass is 206 g/mol. The van der Waals surface area contributed by atoms with Gasteiger partial charge in [-0.15, -0.1) is 0 Å². The van der Waals surface area contributed by atoms with E-state index in [-0.39, 0.29) is 0 Å². The van der Waals surface area contributed by atoms with Crippen LogP contribution in [0.15, 0.2) is 23.8 Å². The van der Waals surface area contributed by atoms with Crippen LogP contribution in [0.1, 0.15) is 53.9 Å². The molecule has 0 saturated carbocycles. The molecule has 0 aromatic carbocycles. The molecule has 0 amide bonds. The van der Waals surface area contributed by atoms with Gasteiger partial charge in [0.15, 0.2) is 0 Å². The molecule has 0 heteroatoms. The van der Waals surface area contributed by atoms with Crippen molar-refractivity contribution in [3.05, 3.63) is 23.8 Å². The fraction of sp³-hybridized carbons (Fsp3) is 0.733. The molecule has 0 heterocycles. The van der Waals surface area contributed by atoms with E-state index in [0.717, 1.165) is 11.8 Å². The van der Waals surface area contributed by atoms with E-state index in [0.29, 0.717) is 5.41 Å². The third kappa shape index (κ3) is 3.85. The Morgan fingerprint density at radius 3 is 2.33 bits per heavy atom. The Hall–Kier alpha value is -0.520. The van der Waals surface area contributed by atoms with Crippen molar-refractivity contribution in [1.29, 1.82) is 0 Å². The highest BCUT2D eigenvalue weighted by Gasteiger charge is 2.28. The summed E-state index contributed by atoms with van der Waals surface area (Å²) in [6.45, 7) is 11.8. The minimum atomic E-state index is 0.404. The van der Waals surface area contributed by atoms with E-state index in [1.54, 1.807) is 5.57 Å². The molecule has 1 atom stereocenters. The average molecular weight is 206 g/mol. The van der Waals surface area contributed by atoms with E-state index in [4.69, 9.17) is 0 Å². The van der Waals surface area contributed by atoms with Crippen molar-refractivity contribution < 1.29 is 0 Å². The molecule has 0 N–H and O–H groups in total. The fourth-order valence-electron chi connectivity index (χ4n) is 2.44. The first-order valence-electron chi connectivity index (χ1n) is 6.27. The predicted molar refractivity (Wildman–Crippen MR) is 68.9 cm³/mol. The summed E-state index contributed by atoms with van der Waals surface area (Å²) in [7, 11) is 0. The first kappa shape index (κ1) is 12.5. The second-order valence-electron chi connectivity index (χ2n) is 6.26. The molecule has 0 bridgehead atoms. The zero-order valence-corrected chi connectivity index (χ0v) is 11.0. The lowest BCUT2D eigenvalue weighted by molar-refractivity contribution is 0.236. The van der Waals surface area contributed by atoms with Gasteiger partial charge in [0.25, 0.3) is 0 Å². The Balaban J connectivity index is 2.80. The highest BCUT2D eigenvalue weighted by atomic mass is 14.3. The summed E-state index contributed by atoms with van der Waals surface area (Å²) in [5.41, 5.74) is 2.07. The molecule has 0 aliphatic heterocycles. The maximum atomic E-state index is 2.37. The van der Waals surface area contributed by atoms with Gasteiger partial charge < -0.3 is 0 Å². The molecule has 1 aliphatic rings. The third-order valence-electron chi connectivity index (χ3n) is 3.25. The number of rotatable bonds is 3. The molecule has 0 spiro atoms. The lowest BCUT2D eigenvalue weighted by atomic mass is 9.70. The smallest absolute Gasteiger partial charge is 0.0149 e. The number of hydrogen-bond donors (Lipinski definition) is 0. The molecular formula is C15H26. The Kier molecular flexibility index (Phi) is 4.19. The molecule has 86 valence electrons. The molecule has 1 unspecified atom stereocenters. The van der Waals surface area contributed by atoms with Gasteiger partial charge >= 0.3 is 0 Å². The van der Waals surface area contributed by atoms with Crippen molar-refractivity contribution >= 4 is 0 Å². The average Bonchev–Trinajstić information content (AvgIpc) is 2.14. The molecular weight excluding hydrogens is 180 g/mol. The van der Waals surface area contributed by atoms with E-state index in [1.165, 1.54) is 19.3 Å². The van der Waals surface area contributed by atoms with Gasteiger partial charge in [0, 0.05) is 0 Å². The van der Waals surface area contributed by atoms with Crippen molar-refractivity contribution in [3.8, 4) is 0 Å². The summed E-state index contributed by atoms with van der Waals surface area (Å²) in [4.78, 5) is 0. The number of hydrogen-bond acceptors (Lipinski definition) is 0. The van der Waals surface area contributed by atoms with Crippen LogP contribution in [0.25, 0.3) is 0 Å². The zero-order valence-electron chi connectivity index (χ0n) is 11.0. The molecule has 0 aromatic rings. The van der Waals surface area contributed by atoms with Crippen LogP contribution in [0.3, 0.4) is 0 Å². The second kappa shape index (κ2) is 5.01. The Labute approximate surface area is 95.5 Å². The van der Waals surface area contributed by atoms with Crippen molar-refractivity contribution in [2.75, 3.05) is 0 Å². The van der Waals surface area contributed by atoms with Crippen LogP contribution in [-0.4, -0.2) is 0 Å². The Morgan fingerprint density at radius 2 is 1.93 bits per heavy atom. The van der Waals surface area contributed by atoms with Crippen molar-refractivity contribution in [2.45, 2.75) is 53.9 Å². The number of allylic oxidation sites excluding steroid dienone is 4. The fourth-order valence-corrected chi connectivity index (χ4v) is 2.44. The lowest BCUT2D eigenvalue weighted by Crippen LogP contribution is -2.24. The standard InChI is InChI=1S/C15H26/c1-12(2)11-14(15(3,4)5)13-9-7-6-8-10-13/h6-7,9,12,14H,8,10-11H2,1-5H3. The van der Waals surface area contributed by atoms with E-state index < -0.39 is 0 Å². The highest BCUT2D eigenvalue weighted by molar-refractivity contribution is 5.21. The maximum absolute atomic E-state index is 2.37. The van der Waals surface area contributed by atoms with E-state index in [9.17, 15) is 0 Å². The van der Waals surface area contributed by atoms with Gasteiger partial charge in [0.05, 0.1) is 0 Å². The summed E-state index contributed by atoms with van der Waals surface area (Å²) in [5.74, 6) is 1.54. The molecule has 0 fully saturated rings. The van der Waals surface area contributed by atoms with Crippen molar-refractivity contribution in [2.24, 2.45) is 17.3 Å². The van der Waals surface area contributed by atoms with Crippen LogP contribution in [0.2, 0.25) is 0 Å². The van der Waals surface area contributed by atoms with Gasteiger partial charge in [-0.05, 0) is 36.5 Å². The molecule has 15 heavy (non-hydrogen) atoms. The Bertz CT molecular complexity index is 248. The van der Waals surface area contributed by atoms with Crippen LogP contribution in [0, 0.1) is 17.3 Å². The largest absolute Gasteiger partial charge is 0.0842 e. The van der Waals surface area contributed by atoms with Crippen LogP contribution >= 0.6 is 0 Å². The topological polar surface area (TPSA) is 0 Å². The summed E-state index contributed by atoms with van der Waals surface area (Å²) in [5, 5.41) is 0. The van der Waals surface area contributed by atoms with Crippen LogP contribution < -0.4 is 0 Å². The van der Waals surface area contributed by atoms with E-state index in [1.807, 2.05) is 0 Å². The molecule has 0 radical (unpaired) electrons. The summed E-state index contributed by atoms with van der Waals surface area (Å²) in [6, 6.07) is 0. The van der Waals surface area contributed by atoms with Crippen molar-refractivity contribution in [3.63, 3.8) is 0 Å². The van der Waals surface area contributed by atoms with Crippen LogP contribution in [0.5, 0.6) is 0 Å². The second-order valence-corrected chi connectivity index (χ2v) is 6.26. The molecule has 0 aromatic heterocycles. The SMILES string of the molecule is CC(C)CC(C1=CC=CCC1)C(C)(C)C. The summed E-state index contributed by atoms with van der Waals surface area (Å²) < 4.78 is 0. The first-order valence-corrected chi connectivity index (χ1v) is 6.27. The lowest BCUT2D eigenvalue weighted by Gasteiger charge is -2.35. The van der Waals surface area contributed by atoms with Crippen LogP contribution in [0.4, 0.5) is 0 Å². The van der Waals surface area contributed by atoms with Gasteiger partial charge in [-0.1, -0.05) is 58.4 Å². The van der Waals surface area contributed by atoms with Crippen molar-refractivity contribution in [1.82, 2.24) is 0 Å². The van der Waals surface area contributed by atoms with E-state index in [2.05, 4.69) is 52.8 Å². The molecule has 1 rings (SSSR count). The molecule has 1 aliphatic carbocycles. The molecule has 0 nitrogen and oxygen atoms in total. The minimum absolute atomic E-state index is 0.404. The summed E-state index contributed by atoms with van der Waals surface area (Å²) >= 11 is 0.